The normalized spacial score (nSPS) is 11.6. The second-order valence-electron chi connectivity index (χ2n) is 4.94. The zero-order valence-electron chi connectivity index (χ0n) is 11.2. The van der Waals surface area contributed by atoms with E-state index in [1.165, 1.54) is 5.56 Å². The molecule has 0 atom stereocenters. The van der Waals surface area contributed by atoms with Gasteiger partial charge in [0.05, 0.1) is 5.52 Å². The van der Waals surface area contributed by atoms with Gasteiger partial charge in [-0.3, -0.25) is 4.57 Å². The Balaban J connectivity index is 2.06. The van der Waals surface area contributed by atoms with Gasteiger partial charge in [0.25, 0.3) is 0 Å². The molecule has 98 valence electrons. The predicted molar refractivity (Wildman–Crippen MR) is 72.9 cm³/mol. The van der Waals surface area contributed by atoms with Gasteiger partial charge < -0.3 is 9.73 Å². The summed E-state index contributed by atoms with van der Waals surface area (Å²) >= 11 is 0. The minimum absolute atomic E-state index is 0.302. The van der Waals surface area contributed by atoms with Gasteiger partial charge >= 0.3 is 5.76 Å². The number of rotatable bonds is 5. The average molecular weight is 248 g/mol. The Morgan fingerprint density at radius 3 is 2.89 bits per heavy atom. The summed E-state index contributed by atoms with van der Waals surface area (Å²) in [6.45, 7) is 5.31. The Morgan fingerprint density at radius 2 is 2.17 bits per heavy atom. The zero-order chi connectivity index (χ0) is 13.1. The van der Waals surface area contributed by atoms with E-state index < -0.39 is 0 Å². The molecule has 0 bridgehead atoms. The van der Waals surface area contributed by atoms with Crippen LogP contribution in [0.5, 0.6) is 0 Å². The van der Waals surface area contributed by atoms with E-state index in [1.807, 2.05) is 18.2 Å². The molecule has 0 spiro atoms. The van der Waals surface area contributed by atoms with Gasteiger partial charge in [0.2, 0.25) is 0 Å². The highest BCUT2D eigenvalue weighted by Gasteiger charge is 2.06. The maximum Gasteiger partial charge on any atom is 0.419 e. The highest BCUT2D eigenvalue weighted by atomic mass is 16.4. The van der Waals surface area contributed by atoms with E-state index in [2.05, 4.69) is 19.2 Å². The minimum Gasteiger partial charge on any atom is -0.408 e. The standard InChI is InChI=1S/C14H20N2O2/c1-10(2)15-8-4-5-11-6-7-13-12(9-11)16(3)14(17)18-13/h6-7,9-10,15H,4-5,8H2,1-3H3. The first-order valence-electron chi connectivity index (χ1n) is 6.40. The molecule has 0 aliphatic heterocycles. The quantitative estimate of drug-likeness (QED) is 0.824. The lowest BCUT2D eigenvalue weighted by Gasteiger charge is -2.07. The summed E-state index contributed by atoms with van der Waals surface area (Å²) in [5, 5.41) is 3.39. The summed E-state index contributed by atoms with van der Waals surface area (Å²) in [7, 11) is 1.73. The second kappa shape index (κ2) is 5.40. The number of hydrogen-bond donors (Lipinski definition) is 1. The summed E-state index contributed by atoms with van der Waals surface area (Å²) in [5.74, 6) is -0.302. The van der Waals surface area contributed by atoms with Gasteiger partial charge in [-0.15, -0.1) is 0 Å². The van der Waals surface area contributed by atoms with Crippen LogP contribution in [0.1, 0.15) is 25.8 Å². The fourth-order valence-electron chi connectivity index (χ4n) is 2.01. The van der Waals surface area contributed by atoms with Crippen molar-refractivity contribution in [3.63, 3.8) is 0 Å². The largest absolute Gasteiger partial charge is 0.419 e. The van der Waals surface area contributed by atoms with Gasteiger partial charge in [-0.1, -0.05) is 19.9 Å². The predicted octanol–water partition coefficient (Wildman–Crippen LogP) is 2.06. The van der Waals surface area contributed by atoms with E-state index in [-0.39, 0.29) is 5.76 Å². The number of aromatic nitrogens is 1. The molecule has 0 fully saturated rings. The second-order valence-corrected chi connectivity index (χ2v) is 4.94. The molecule has 1 heterocycles. The molecule has 0 unspecified atom stereocenters. The van der Waals surface area contributed by atoms with E-state index in [0.717, 1.165) is 24.9 Å². The molecule has 18 heavy (non-hydrogen) atoms. The van der Waals surface area contributed by atoms with Crippen LogP contribution in [0.3, 0.4) is 0 Å². The maximum absolute atomic E-state index is 11.4. The minimum atomic E-state index is -0.302. The molecule has 2 rings (SSSR count). The fourth-order valence-corrected chi connectivity index (χ4v) is 2.01. The Morgan fingerprint density at radius 1 is 1.39 bits per heavy atom. The average Bonchev–Trinajstić information content (AvgIpc) is 2.61. The molecule has 1 aromatic heterocycles. The van der Waals surface area contributed by atoms with Crippen molar-refractivity contribution in [3.8, 4) is 0 Å². The summed E-state index contributed by atoms with van der Waals surface area (Å²) in [5.41, 5.74) is 2.77. The molecular weight excluding hydrogens is 228 g/mol. The van der Waals surface area contributed by atoms with E-state index in [0.29, 0.717) is 11.6 Å². The van der Waals surface area contributed by atoms with Crippen molar-refractivity contribution in [2.75, 3.05) is 6.54 Å². The third kappa shape index (κ3) is 2.82. The van der Waals surface area contributed by atoms with E-state index in [4.69, 9.17) is 4.42 Å². The number of hydrogen-bond acceptors (Lipinski definition) is 3. The summed E-state index contributed by atoms with van der Waals surface area (Å²) in [6, 6.07) is 6.47. The maximum atomic E-state index is 11.4. The van der Waals surface area contributed by atoms with Crippen LogP contribution in [-0.2, 0) is 13.5 Å². The van der Waals surface area contributed by atoms with Gasteiger partial charge in [0.15, 0.2) is 5.58 Å². The molecule has 0 saturated heterocycles. The van der Waals surface area contributed by atoms with Crippen molar-refractivity contribution in [1.29, 1.82) is 0 Å². The van der Waals surface area contributed by atoms with Gasteiger partial charge in [-0.25, -0.2) is 4.79 Å². The Bertz CT molecular complexity index is 581. The third-order valence-corrected chi connectivity index (χ3v) is 3.05. The lowest BCUT2D eigenvalue weighted by atomic mass is 10.1. The van der Waals surface area contributed by atoms with Crippen molar-refractivity contribution < 1.29 is 4.42 Å². The first-order valence-corrected chi connectivity index (χ1v) is 6.40. The van der Waals surface area contributed by atoms with Crippen LogP contribution in [0.25, 0.3) is 11.1 Å². The van der Waals surface area contributed by atoms with Gasteiger partial charge in [-0.2, -0.15) is 0 Å². The summed E-state index contributed by atoms with van der Waals surface area (Å²) < 4.78 is 6.65. The first kappa shape index (κ1) is 12.9. The van der Waals surface area contributed by atoms with E-state index >= 15 is 0 Å². The summed E-state index contributed by atoms with van der Waals surface area (Å²) in [6.07, 6.45) is 2.10. The molecule has 4 nitrogen and oxygen atoms in total. The van der Waals surface area contributed by atoms with Crippen molar-refractivity contribution in [3.05, 3.63) is 34.3 Å². The van der Waals surface area contributed by atoms with Crippen LogP contribution in [0.4, 0.5) is 0 Å². The van der Waals surface area contributed by atoms with Crippen molar-refractivity contribution in [2.45, 2.75) is 32.7 Å². The van der Waals surface area contributed by atoms with Crippen LogP contribution >= 0.6 is 0 Å². The molecule has 0 aliphatic carbocycles. The highest BCUT2D eigenvalue weighted by molar-refractivity contribution is 5.73. The van der Waals surface area contributed by atoms with Gasteiger partial charge in [0, 0.05) is 13.1 Å². The van der Waals surface area contributed by atoms with Crippen LogP contribution in [0, 0.1) is 0 Å². The number of fused-ring (bicyclic) bond motifs is 1. The molecular formula is C14H20N2O2. The van der Waals surface area contributed by atoms with E-state index in [1.54, 1.807) is 11.6 Å². The molecule has 2 aromatic rings. The zero-order valence-corrected chi connectivity index (χ0v) is 11.2. The van der Waals surface area contributed by atoms with Gasteiger partial charge in [-0.05, 0) is 37.1 Å². The van der Waals surface area contributed by atoms with Crippen molar-refractivity contribution in [2.24, 2.45) is 7.05 Å². The van der Waals surface area contributed by atoms with Crippen LogP contribution in [0.15, 0.2) is 27.4 Å². The van der Waals surface area contributed by atoms with E-state index in [9.17, 15) is 4.79 Å². The third-order valence-electron chi connectivity index (χ3n) is 3.05. The summed E-state index contributed by atoms with van der Waals surface area (Å²) in [4.78, 5) is 11.4. The number of aryl methyl sites for hydroxylation is 2. The molecule has 4 heteroatoms. The van der Waals surface area contributed by atoms with Crippen LogP contribution in [-0.4, -0.2) is 17.2 Å². The lowest BCUT2D eigenvalue weighted by Crippen LogP contribution is -2.23. The Hall–Kier alpha value is -1.55. The Kier molecular flexibility index (Phi) is 3.87. The first-order chi connectivity index (χ1) is 8.58. The fraction of sp³-hybridized carbons (Fsp3) is 0.500. The molecule has 0 aliphatic rings. The number of benzene rings is 1. The molecule has 1 aromatic carbocycles. The van der Waals surface area contributed by atoms with Crippen LogP contribution in [0.2, 0.25) is 0 Å². The monoisotopic (exact) mass is 248 g/mol. The highest BCUT2D eigenvalue weighted by Crippen LogP contribution is 2.15. The molecule has 1 N–H and O–H groups in total. The number of nitrogens with one attached hydrogen (secondary N) is 1. The molecule has 0 amide bonds. The molecule has 0 saturated carbocycles. The number of oxazole rings is 1. The topological polar surface area (TPSA) is 47.2 Å². The number of nitrogens with zero attached hydrogens (tertiary/aromatic N) is 1. The van der Waals surface area contributed by atoms with Crippen molar-refractivity contribution >= 4 is 11.1 Å². The van der Waals surface area contributed by atoms with Gasteiger partial charge in [0.1, 0.15) is 0 Å². The smallest absolute Gasteiger partial charge is 0.408 e. The molecule has 0 radical (unpaired) electrons. The van der Waals surface area contributed by atoms with Crippen molar-refractivity contribution in [1.82, 2.24) is 9.88 Å². The Labute approximate surface area is 107 Å². The SMILES string of the molecule is CC(C)NCCCc1ccc2oc(=O)n(C)c2c1. The lowest BCUT2D eigenvalue weighted by molar-refractivity contribution is 0.528. The van der Waals surface area contributed by atoms with Crippen LogP contribution < -0.4 is 11.1 Å².